The van der Waals surface area contributed by atoms with E-state index >= 15 is 0 Å². The van der Waals surface area contributed by atoms with E-state index in [9.17, 15) is 14.5 Å². The van der Waals surface area contributed by atoms with E-state index in [1.165, 1.54) is 12.1 Å². The van der Waals surface area contributed by atoms with Crippen LogP contribution in [0.1, 0.15) is 19.8 Å². The number of benzene rings is 1. The van der Waals surface area contributed by atoms with Gasteiger partial charge in [0.1, 0.15) is 17.5 Å². The van der Waals surface area contributed by atoms with Crippen LogP contribution >= 0.6 is 0 Å². The van der Waals surface area contributed by atoms with Crippen molar-refractivity contribution in [3.05, 3.63) is 46.3 Å². The largest absolute Gasteiger partial charge is 0.369 e. The molecule has 0 spiro atoms. The number of pyridine rings is 1. The summed E-state index contributed by atoms with van der Waals surface area (Å²) in [6.07, 6.45) is 1.64. The van der Waals surface area contributed by atoms with Crippen LogP contribution in [0.5, 0.6) is 0 Å². The quantitative estimate of drug-likeness (QED) is 0.572. The van der Waals surface area contributed by atoms with Gasteiger partial charge in [0.2, 0.25) is 5.82 Å². The molecule has 2 aromatic rings. The Morgan fingerprint density at radius 1 is 1.23 bits per heavy atom. The molecule has 0 unspecified atom stereocenters. The number of hydrogen-bond donors (Lipinski definition) is 2. The number of halogens is 1. The van der Waals surface area contributed by atoms with Crippen LogP contribution in [-0.4, -0.2) is 48.0 Å². The van der Waals surface area contributed by atoms with Crippen LogP contribution in [0.25, 0.3) is 0 Å². The zero-order valence-electron chi connectivity index (χ0n) is 16.7. The van der Waals surface area contributed by atoms with Gasteiger partial charge in [-0.15, -0.1) is 0 Å². The lowest BCUT2D eigenvalue weighted by atomic mass is 10.1. The molecular weight excluding hydrogens is 389 g/mol. The van der Waals surface area contributed by atoms with E-state index in [2.05, 4.69) is 15.3 Å². The summed E-state index contributed by atoms with van der Waals surface area (Å²) in [5.74, 6) is 1.03. The fourth-order valence-corrected chi connectivity index (χ4v) is 3.79. The van der Waals surface area contributed by atoms with Gasteiger partial charge in [0, 0.05) is 37.4 Å². The third-order valence-electron chi connectivity index (χ3n) is 5.48. The molecule has 0 amide bonds. The molecule has 3 N–H and O–H groups in total. The van der Waals surface area contributed by atoms with Crippen LogP contribution in [-0.2, 0) is 0 Å². The number of rotatable bonds is 5. The predicted octanol–water partition coefficient (Wildman–Crippen LogP) is 3.04. The summed E-state index contributed by atoms with van der Waals surface area (Å²) in [6, 6.07) is 7.88. The third-order valence-corrected chi connectivity index (χ3v) is 5.48. The Bertz CT molecular complexity index is 989. The molecule has 9 nitrogen and oxygen atoms in total. The highest BCUT2D eigenvalue weighted by Crippen LogP contribution is 2.31. The molecule has 1 aromatic heterocycles. The van der Waals surface area contributed by atoms with Crippen LogP contribution < -0.4 is 20.9 Å². The number of anilines is 4. The number of aliphatic imine (C=N–C) groups is 1. The Hall–Kier alpha value is -3.27. The maximum absolute atomic E-state index is 14.8. The zero-order chi connectivity index (χ0) is 21.3. The van der Waals surface area contributed by atoms with E-state index in [1.807, 2.05) is 16.7 Å². The summed E-state index contributed by atoms with van der Waals surface area (Å²) in [5, 5.41) is 14.4. The maximum atomic E-state index is 14.8. The molecule has 4 rings (SSSR count). The average molecular weight is 413 g/mol. The first-order valence-electron chi connectivity index (χ1n) is 9.93. The SMILES string of the molecule is CC1=NCCN1c1ccc([N+](=O)[O-])c(Nc2ccc(N3CCC(N)CC3)c(F)c2)n1. The van der Waals surface area contributed by atoms with Crippen molar-refractivity contribution in [2.45, 2.75) is 25.8 Å². The molecule has 0 aliphatic carbocycles. The summed E-state index contributed by atoms with van der Waals surface area (Å²) >= 11 is 0. The van der Waals surface area contributed by atoms with Crippen molar-refractivity contribution >= 4 is 34.5 Å². The van der Waals surface area contributed by atoms with E-state index in [-0.39, 0.29) is 17.5 Å². The van der Waals surface area contributed by atoms with Gasteiger partial charge in [-0.1, -0.05) is 0 Å². The van der Waals surface area contributed by atoms with Gasteiger partial charge < -0.3 is 20.9 Å². The number of nitrogens with two attached hydrogens (primary N) is 1. The van der Waals surface area contributed by atoms with E-state index in [1.54, 1.807) is 18.2 Å². The third kappa shape index (κ3) is 4.04. The average Bonchev–Trinajstić information content (AvgIpc) is 3.15. The molecule has 1 aromatic carbocycles. The molecular formula is C20H24FN7O2. The number of piperidine rings is 1. The summed E-state index contributed by atoms with van der Waals surface area (Å²) < 4.78 is 14.8. The summed E-state index contributed by atoms with van der Waals surface area (Å²) in [7, 11) is 0. The lowest BCUT2D eigenvalue weighted by Crippen LogP contribution is -2.40. The Kier molecular flexibility index (Phi) is 5.49. The molecule has 158 valence electrons. The van der Waals surface area contributed by atoms with Crippen molar-refractivity contribution in [1.29, 1.82) is 0 Å². The Morgan fingerprint density at radius 2 is 2.00 bits per heavy atom. The molecule has 2 aliphatic rings. The first-order chi connectivity index (χ1) is 14.4. The molecule has 0 radical (unpaired) electrons. The Morgan fingerprint density at radius 3 is 2.63 bits per heavy atom. The summed E-state index contributed by atoms with van der Waals surface area (Å²) in [6.45, 7) is 4.60. The van der Waals surface area contributed by atoms with E-state index < -0.39 is 10.7 Å². The van der Waals surface area contributed by atoms with Crippen molar-refractivity contribution < 1.29 is 9.31 Å². The monoisotopic (exact) mass is 413 g/mol. The van der Waals surface area contributed by atoms with Crippen LogP contribution in [0.2, 0.25) is 0 Å². The van der Waals surface area contributed by atoms with Crippen LogP contribution in [0.4, 0.5) is 33.1 Å². The number of aromatic nitrogens is 1. The fourth-order valence-electron chi connectivity index (χ4n) is 3.79. The molecule has 3 heterocycles. The highest BCUT2D eigenvalue weighted by molar-refractivity contribution is 5.97. The Balaban J connectivity index is 1.59. The van der Waals surface area contributed by atoms with Crippen molar-refractivity contribution in [2.24, 2.45) is 10.7 Å². The number of nitrogens with one attached hydrogen (secondary N) is 1. The van der Waals surface area contributed by atoms with Gasteiger partial charge in [-0.3, -0.25) is 15.1 Å². The molecule has 1 saturated heterocycles. The number of nitro groups is 1. The van der Waals surface area contributed by atoms with Gasteiger partial charge in [-0.05, 0) is 44.0 Å². The van der Waals surface area contributed by atoms with E-state index in [0.29, 0.717) is 43.4 Å². The molecule has 30 heavy (non-hydrogen) atoms. The van der Waals surface area contributed by atoms with Crippen molar-refractivity contribution in [3.8, 4) is 0 Å². The summed E-state index contributed by atoms with van der Waals surface area (Å²) in [5.41, 5.74) is 6.65. The van der Waals surface area contributed by atoms with Crippen LogP contribution in [0.3, 0.4) is 0 Å². The standard InChI is InChI=1S/C20H24FN7O2/c1-13-23-8-11-27(13)19-5-4-18(28(29)30)20(25-19)24-15-2-3-17(16(21)12-15)26-9-6-14(22)7-10-26/h2-5,12,14H,6-11,22H2,1H3,(H,24,25). The topological polar surface area (TPSA) is 113 Å². The van der Waals surface area contributed by atoms with Gasteiger partial charge >= 0.3 is 5.69 Å². The first-order valence-corrected chi connectivity index (χ1v) is 9.93. The zero-order valence-corrected chi connectivity index (χ0v) is 16.7. The maximum Gasteiger partial charge on any atom is 0.311 e. The molecule has 0 atom stereocenters. The second kappa shape index (κ2) is 8.23. The number of nitrogens with zero attached hydrogens (tertiary/aromatic N) is 5. The minimum absolute atomic E-state index is 0.0632. The molecule has 2 aliphatic heterocycles. The lowest BCUT2D eigenvalue weighted by molar-refractivity contribution is -0.384. The van der Waals surface area contributed by atoms with Crippen molar-refractivity contribution in [1.82, 2.24) is 4.98 Å². The second-order valence-corrected chi connectivity index (χ2v) is 7.49. The molecule has 1 fully saturated rings. The van der Waals surface area contributed by atoms with E-state index in [0.717, 1.165) is 18.7 Å². The smallest absolute Gasteiger partial charge is 0.311 e. The van der Waals surface area contributed by atoms with Crippen LogP contribution in [0, 0.1) is 15.9 Å². The summed E-state index contributed by atoms with van der Waals surface area (Å²) in [4.78, 5) is 23.6. The van der Waals surface area contributed by atoms with Gasteiger partial charge in [-0.25, -0.2) is 9.37 Å². The highest BCUT2D eigenvalue weighted by Gasteiger charge is 2.23. The van der Waals surface area contributed by atoms with Crippen molar-refractivity contribution in [3.63, 3.8) is 0 Å². The van der Waals surface area contributed by atoms with Crippen molar-refractivity contribution in [2.75, 3.05) is 41.3 Å². The highest BCUT2D eigenvalue weighted by atomic mass is 19.1. The molecule has 10 heteroatoms. The van der Waals surface area contributed by atoms with Gasteiger partial charge in [-0.2, -0.15) is 0 Å². The lowest BCUT2D eigenvalue weighted by Gasteiger charge is -2.32. The molecule has 0 saturated carbocycles. The van der Waals surface area contributed by atoms with Gasteiger partial charge in [0.05, 0.1) is 17.2 Å². The van der Waals surface area contributed by atoms with E-state index in [4.69, 9.17) is 5.73 Å². The minimum Gasteiger partial charge on any atom is -0.369 e. The number of hydrogen-bond acceptors (Lipinski definition) is 8. The Labute approximate surface area is 173 Å². The number of amidine groups is 1. The van der Waals surface area contributed by atoms with Gasteiger partial charge in [0.15, 0.2) is 0 Å². The second-order valence-electron chi connectivity index (χ2n) is 7.49. The minimum atomic E-state index is -0.508. The molecule has 0 bridgehead atoms. The normalized spacial score (nSPS) is 17.2. The first kappa shape index (κ1) is 20.0. The van der Waals surface area contributed by atoms with Gasteiger partial charge in [0.25, 0.3) is 0 Å². The fraction of sp³-hybridized carbons (Fsp3) is 0.400. The van der Waals surface area contributed by atoms with Crippen LogP contribution in [0.15, 0.2) is 35.3 Å². The predicted molar refractivity (Wildman–Crippen MR) is 115 cm³/mol.